The number of fused-ring (bicyclic) bond motifs is 1. The monoisotopic (exact) mass is 333 g/mol. The van der Waals surface area contributed by atoms with Gasteiger partial charge in [-0.1, -0.05) is 39.0 Å². The summed E-state index contributed by atoms with van der Waals surface area (Å²) in [6, 6.07) is 9.35. The molecule has 7 heteroatoms. The van der Waals surface area contributed by atoms with Crippen LogP contribution in [0.1, 0.15) is 32.0 Å². The molecule has 2 aromatic rings. The van der Waals surface area contributed by atoms with E-state index in [2.05, 4.69) is 10.4 Å². The third kappa shape index (κ3) is 3.01. The van der Waals surface area contributed by atoms with Gasteiger partial charge < -0.3 is 5.32 Å². The van der Waals surface area contributed by atoms with Crippen LogP contribution in [0.3, 0.4) is 0 Å². The van der Waals surface area contributed by atoms with E-state index in [9.17, 15) is 13.2 Å². The molecule has 0 unspecified atom stereocenters. The van der Waals surface area contributed by atoms with Gasteiger partial charge in [-0.3, -0.25) is 4.79 Å². The van der Waals surface area contributed by atoms with Gasteiger partial charge in [0.15, 0.2) is 9.84 Å². The lowest BCUT2D eigenvalue weighted by Gasteiger charge is -2.19. The maximum absolute atomic E-state index is 12.4. The molecule has 23 heavy (non-hydrogen) atoms. The van der Waals surface area contributed by atoms with Gasteiger partial charge in [0.05, 0.1) is 22.9 Å². The minimum absolute atomic E-state index is 0.0828. The van der Waals surface area contributed by atoms with Gasteiger partial charge in [-0.05, 0) is 12.1 Å². The Bertz CT molecular complexity index is 862. The second kappa shape index (κ2) is 5.19. The Morgan fingerprint density at radius 1 is 1.17 bits per heavy atom. The SMILES string of the molecule is CC(C)(C)C(=O)Nc1c2c(nn1-c1ccccc1)CS(=O)(=O)C2. The zero-order valence-corrected chi connectivity index (χ0v) is 14.1. The Balaban J connectivity index is 2.10. The van der Waals surface area contributed by atoms with Gasteiger partial charge in [0.2, 0.25) is 5.91 Å². The summed E-state index contributed by atoms with van der Waals surface area (Å²) in [6.45, 7) is 5.42. The predicted octanol–water partition coefficient (Wildman–Crippen LogP) is 2.29. The van der Waals surface area contributed by atoms with Crippen LogP contribution >= 0.6 is 0 Å². The van der Waals surface area contributed by atoms with E-state index in [0.717, 1.165) is 5.69 Å². The van der Waals surface area contributed by atoms with E-state index in [0.29, 0.717) is 17.1 Å². The molecule has 1 amide bonds. The van der Waals surface area contributed by atoms with Gasteiger partial charge in [-0.25, -0.2) is 13.1 Å². The van der Waals surface area contributed by atoms with Gasteiger partial charge in [0, 0.05) is 11.0 Å². The quantitative estimate of drug-likeness (QED) is 0.914. The minimum Gasteiger partial charge on any atom is -0.310 e. The number of sulfone groups is 1. The molecule has 0 saturated heterocycles. The molecule has 0 bridgehead atoms. The van der Waals surface area contributed by atoms with E-state index in [4.69, 9.17) is 0 Å². The highest BCUT2D eigenvalue weighted by atomic mass is 32.2. The summed E-state index contributed by atoms with van der Waals surface area (Å²) in [5.41, 5.74) is 1.30. The largest absolute Gasteiger partial charge is 0.310 e. The van der Waals surface area contributed by atoms with Crippen molar-refractivity contribution in [3.8, 4) is 5.69 Å². The Morgan fingerprint density at radius 2 is 1.83 bits per heavy atom. The number of hydrogen-bond acceptors (Lipinski definition) is 4. The third-order valence-electron chi connectivity index (χ3n) is 3.70. The van der Waals surface area contributed by atoms with Crippen molar-refractivity contribution in [1.29, 1.82) is 0 Å². The summed E-state index contributed by atoms with van der Waals surface area (Å²) in [6.07, 6.45) is 0. The molecule has 0 spiro atoms. The number of benzene rings is 1. The maximum Gasteiger partial charge on any atom is 0.230 e. The summed E-state index contributed by atoms with van der Waals surface area (Å²) < 4.78 is 25.4. The van der Waals surface area contributed by atoms with Gasteiger partial charge >= 0.3 is 0 Å². The molecule has 1 aromatic heterocycles. The number of anilines is 1. The zero-order chi connectivity index (χ0) is 16.8. The van der Waals surface area contributed by atoms with E-state index in [1.165, 1.54) is 0 Å². The molecule has 6 nitrogen and oxygen atoms in total. The number of carbonyl (C=O) groups is 1. The first-order valence-electron chi connectivity index (χ1n) is 7.35. The molecular formula is C16H19N3O3S. The fourth-order valence-electron chi connectivity index (χ4n) is 2.42. The number of amides is 1. The molecule has 2 heterocycles. The highest BCUT2D eigenvalue weighted by Crippen LogP contribution is 2.33. The van der Waals surface area contributed by atoms with Gasteiger partial charge in [0.1, 0.15) is 5.82 Å². The van der Waals surface area contributed by atoms with Crippen molar-refractivity contribution in [1.82, 2.24) is 9.78 Å². The second-order valence-corrected chi connectivity index (χ2v) is 8.82. The first-order chi connectivity index (χ1) is 10.7. The number of nitrogens with zero attached hydrogens (tertiary/aromatic N) is 2. The fourth-order valence-corrected chi connectivity index (χ4v) is 3.92. The van der Waals surface area contributed by atoms with Gasteiger partial charge in [-0.2, -0.15) is 5.10 Å². The Morgan fingerprint density at radius 3 is 2.43 bits per heavy atom. The van der Waals surface area contributed by atoms with Crippen LogP contribution in [-0.4, -0.2) is 24.1 Å². The highest BCUT2D eigenvalue weighted by Gasteiger charge is 2.34. The summed E-state index contributed by atoms with van der Waals surface area (Å²) in [7, 11) is -3.18. The van der Waals surface area contributed by atoms with Crippen molar-refractivity contribution in [3.05, 3.63) is 41.6 Å². The van der Waals surface area contributed by atoms with Gasteiger partial charge in [0.25, 0.3) is 0 Å². The van der Waals surface area contributed by atoms with E-state index in [1.807, 2.05) is 51.1 Å². The smallest absolute Gasteiger partial charge is 0.230 e. The molecule has 0 radical (unpaired) electrons. The molecule has 1 aromatic carbocycles. The second-order valence-electron chi connectivity index (χ2n) is 6.76. The molecule has 3 rings (SSSR count). The Labute approximate surface area is 135 Å². The van der Waals surface area contributed by atoms with Crippen LogP contribution < -0.4 is 5.32 Å². The van der Waals surface area contributed by atoms with Crippen molar-refractivity contribution in [2.24, 2.45) is 5.41 Å². The highest BCUT2D eigenvalue weighted by molar-refractivity contribution is 7.90. The number of para-hydroxylation sites is 1. The van der Waals surface area contributed by atoms with Crippen molar-refractivity contribution in [2.75, 3.05) is 5.32 Å². The maximum atomic E-state index is 12.4. The Hall–Kier alpha value is -2.15. The van der Waals surface area contributed by atoms with E-state index in [-0.39, 0.29) is 17.4 Å². The standard InChI is InChI=1S/C16H19N3O3S/c1-16(2,3)15(20)17-14-12-9-23(21,22)10-13(12)18-19(14)11-7-5-4-6-8-11/h4-8H,9-10H2,1-3H3,(H,17,20). The molecular weight excluding hydrogens is 314 g/mol. The molecule has 0 fully saturated rings. The molecule has 1 N–H and O–H groups in total. The summed E-state index contributed by atoms with van der Waals surface area (Å²) in [5, 5.41) is 7.28. The summed E-state index contributed by atoms with van der Waals surface area (Å²) in [4.78, 5) is 12.4. The van der Waals surface area contributed by atoms with Crippen molar-refractivity contribution >= 4 is 21.6 Å². The lowest BCUT2D eigenvalue weighted by Crippen LogP contribution is -2.29. The van der Waals surface area contributed by atoms with Gasteiger partial charge in [-0.15, -0.1) is 0 Å². The number of hydrogen-bond donors (Lipinski definition) is 1. The van der Waals surface area contributed by atoms with E-state index in [1.54, 1.807) is 4.68 Å². The topological polar surface area (TPSA) is 81.1 Å². The van der Waals surface area contributed by atoms with Crippen LogP contribution in [0.4, 0.5) is 5.82 Å². The molecule has 0 atom stereocenters. The van der Waals surface area contributed by atoms with Crippen molar-refractivity contribution < 1.29 is 13.2 Å². The number of rotatable bonds is 2. The van der Waals surface area contributed by atoms with Crippen LogP contribution in [-0.2, 0) is 26.1 Å². The fraction of sp³-hybridized carbons (Fsp3) is 0.375. The minimum atomic E-state index is -3.18. The Kier molecular flexibility index (Phi) is 3.55. The van der Waals surface area contributed by atoms with Crippen LogP contribution in [0, 0.1) is 5.41 Å². The molecule has 122 valence electrons. The zero-order valence-electron chi connectivity index (χ0n) is 13.3. The first-order valence-corrected chi connectivity index (χ1v) is 9.17. The van der Waals surface area contributed by atoms with Crippen LogP contribution in [0.15, 0.2) is 30.3 Å². The number of aromatic nitrogens is 2. The molecule has 0 saturated carbocycles. The van der Waals surface area contributed by atoms with Crippen molar-refractivity contribution in [3.63, 3.8) is 0 Å². The van der Waals surface area contributed by atoms with Crippen LogP contribution in [0.5, 0.6) is 0 Å². The third-order valence-corrected chi connectivity index (χ3v) is 5.14. The van der Waals surface area contributed by atoms with Crippen LogP contribution in [0.2, 0.25) is 0 Å². The van der Waals surface area contributed by atoms with E-state index < -0.39 is 15.3 Å². The normalized spacial score (nSPS) is 16.1. The van der Waals surface area contributed by atoms with Crippen molar-refractivity contribution in [2.45, 2.75) is 32.3 Å². The number of carbonyl (C=O) groups excluding carboxylic acids is 1. The molecule has 1 aliphatic rings. The average Bonchev–Trinajstić information content (AvgIpc) is 2.92. The summed E-state index contributed by atoms with van der Waals surface area (Å²) in [5.74, 6) is 0.101. The van der Waals surface area contributed by atoms with E-state index >= 15 is 0 Å². The molecule has 1 aliphatic heterocycles. The van der Waals surface area contributed by atoms with Crippen LogP contribution in [0.25, 0.3) is 5.69 Å². The predicted molar refractivity (Wildman–Crippen MR) is 88.0 cm³/mol. The number of nitrogens with one attached hydrogen (secondary N) is 1. The lowest BCUT2D eigenvalue weighted by molar-refractivity contribution is -0.123. The molecule has 0 aliphatic carbocycles. The lowest BCUT2D eigenvalue weighted by atomic mass is 9.96. The first kappa shape index (κ1) is 15.7. The summed E-state index contributed by atoms with van der Waals surface area (Å²) >= 11 is 0. The average molecular weight is 333 g/mol.